The monoisotopic (exact) mass is 279 g/mol. The molecule has 1 heterocycles. The number of hydrogen-bond donors (Lipinski definition) is 0. The first-order chi connectivity index (χ1) is 10.3. The van der Waals surface area contributed by atoms with Gasteiger partial charge in [-0.05, 0) is 29.7 Å². The lowest BCUT2D eigenvalue weighted by molar-refractivity contribution is 0.123. The summed E-state index contributed by atoms with van der Waals surface area (Å²) < 4.78 is 5.19. The number of amides is 1. The SMILES string of the molecule is CCOC(=O)N1Cc2ccccc2C=C1c1ccccc1. The lowest BCUT2D eigenvalue weighted by atomic mass is 9.98. The molecule has 2 aromatic rings. The van der Waals surface area contributed by atoms with E-state index in [0.717, 1.165) is 22.4 Å². The first-order valence-electron chi connectivity index (χ1n) is 7.09. The minimum Gasteiger partial charge on any atom is -0.449 e. The first-order valence-corrected chi connectivity index (χ1v) is 7.09. The minimum absolute atomic E-state index is 0.304. The molecule has 1 aliphatic heterocycles. The highest BCUT2D eigenvalue weighted by atomic mass is 16.6. The summed E-state index contributed by atoms with van der Waals surface area (Å²) in [6.45, 7) is 2.73. The Morgan fingerprint density at radius 2 is 1.81 bits per heavy atom. The molecule has 3 heteroatoms. The summed E-state index contributed by atoms with van der Waals surface area (Å²) in [5.41, 5.74) is 4.18. The van der Waals surface area contributed by atoms with Crippen LogP contribution < -0.4 is 0 Å². The maximum atomic E-state index is 12.3. The summed E-state index contributed by atoms with van der Waals surface area (Å²) in [5.74, 6) is 0. The van der Waals surface area contributed by atoms with Crippen molar-refractivity contribution in [3.8, 4) is 0 Å². The Labute approximate surface area is 124 Å². The number of hydrogen-bond acceptors (Lipinski definition) is 2. The van der Waals surface area contributed by atoms with Crippen LogP contribution >= 0.6 is 0 Å². The molecular weight excluding hydrogens is 262 g/mol. The van der Waals surface area contributed by atoms with Crippen LogP contribution in [-0.4, -0.2) is 17.6 Å². The van der Waals surface area contributed by atoms with Gasteiger partial charge in [0.25, 0.3) is 0 Å². The molecule has 2 aromatic carbocycles. The van der Waals surface area contributed by atoms with Crippen LogP contribution in [0.5, 0.6) is 0 Å². The Kier molecular flexibility index (Phi) is 3.73. The highest BCUT2D eigenvalue weighted by Crippen LogP contribution is 2.31. The van der Waals surface area contributed by atoms with Crippen molar-refractivity contribution in [2.24, 2.45) is 0 Å². The fourth-order valence-electron chi connectivity index (χ4n) is 2.51. The largest absolute Gasteiger partial charge is 0.449 e. The maximum absolute atomic E-state index is 12.3. The van der Waals surface area contributed by atoms with Crippen LogP contribution in [-0.2, 0) is 11.3 Å². The molecule has 0 atom stereocenters. The molecule has 0 aromatic heterocycles. The zero-order chi connectivity index (χ0) is 14.7. The van der Waals surface area contributed by atoms with Crippen molar-refractivity contribution >= 4 is 17.9 Å². The molecule has 1 amide bonds. The van der Waals surface area contributed by atoms with Crippen LogP contribution in [0.4, 0.5) is 4.79 Å². The molecule has 0 N–H and O–H groups in total. The second-order valence-corrected chi connectivity index (χ2v) is 4.88. The fourth-order valence-corrected chi connectivity index (χ4v) is 2.51. The second kappa shape index (κ2) is 5.83. The Bertz CT molecular complexity index is 677. The van der Waals surface area contributed by atoms with Crippen LogP contribution in [0.25, 0.3) is 11.8 Å². The van der Waals surface area contributed by atoms with Gasteiger partial charge in [-0.3, -0.25) is 4.90 Å². The summed E-state index contributed by atoms with van der Waals surface area (Å²) in [5, 5.41) is 0. The van der Waals surface area contributed by atoms with Crippen molar-refractivity contribution < 1.29 is 9.53 Å². The van der Waals surface area contributed by atoms with Crippen molar-refractivity contribution in [3.05, 3.63) is 71.3 Å². The normalized spacial score (nSPS) is 13.4. The van der Waals surface area contributed by atoms with Gasteiger partial charge in [-0.2, -0.15) is 0 Å². The Balaban J connectivity index is 2.06. The minimum atomic E-state index is -0.304. The topological polar surface area (TPSA) is 29.5 Å². The average Bonchev–Trinajstić information content (AvgIpc) is 2.54. The number of nitrogens with zero attached hydrogens (tertiary/aromatic N) is 1. The second-order valence-electron chi connectivity index (χ2n) is 4.88. The average molecular weight is 279 g/mol. The van der Waals surface area contributed by atoms with E-state index >= 15 is 0 Å². The van der Waals surface area contributed by atoms with E-state index < -0.39 is 0 Å². The molecule has 3 rings (SSSR count). The number of benzene rings is 2. The molecular formula is C18H17NO2. The quantitative estimate of drug-likeness (QED) is 0.826. The predicted octanol–water partition coefficient (Wildman–Crippen LogP) is 4.16. The Morgan fingerprint density at radius 1 is 1.10 bits per heavy atom. The molecule has 0 unspecified atom stereocenters. The van der Waals surface area contributed by atoms with Gasteiger partial charge in [0.15, 0.2) is 0 Å². The van der Waals surface area contributed by atoms with Gasteiger partial charge in [0.1, 0.15) is 0 Å². The molecule has 21 heavy (non-hydrogen) atoms. The fraction of sp³-hybridized carbons (Fsp3) is 0.167. The lowest BCUT2D eigenvalue weighted by Crippen LogP contribution is -2.31. The lowest BCUT2D eigenvalue weighted by Gasteiger charge is -2.29. The van der Waals surface area contributed by atoms with Gasteiger partial charge in [-0.15, -0.1) is 0 Å². The maximum Gasteiger partial charge on any atom is 0.414 e. The van der Waals surface area contributed by atoms with E-state index in [0.29, 0.717) is 13.2 Å². The van der Waals surface area contributed by atoms with Crippen molar-refractivity contribution in [2.75, 3.05) is 6.61 Å². The molecule has 3 nitrogen and oxygen atoms in total. The third-order valence-electron chi connectivity index (χ3n) is 3.52. The number of rotatable bonds is 2. The van der Waals surface area contributed by atoms with Gasteiger partial charge >= 0.3 is 6.09 Å². The molecule has 0 fully saturated rings. The summed E-state index contributed by atoms with van der Waals surface area (Å²) in [6, 6.07) is 18.0. The van der Waals surface area contributed by atoms with Gasteiger partial charge in [-0.1, -0.05) is 54.6 Å². The van der Waals surface area contributed by atoms with Crippen molar-refractivity contribution in [2.45, 2.75) is 13.5 Å². The van der Waals surface area contributed by atoms with Gasteiger partial charge in [-0.25, -0.2) is 4.79 Å². The van der Waals surface area contributed by atoms with E-state index in [1.807, 2.05) is 61.5 Å². The highest BCUT2D eigenvalue weighted by molar-refractivity contribution is 5.91. The summed E-state index contributed by atoms with van der Waals surface area (Å²) in [4.78, 5) is 14.0. The highest BCUT2D eigenvalue weighted by Gasteiger charge is 2.25. The third-order valence-corrected chi connectivity index (χ3v) is 3.52. The number of fused-ring (bicyclic) bond motifs is 1. The van der Waals surface area contributed by atoms with Crippen LogP contribution in [0.1, 0.15) is 23.6 Å². The number of carbonyl (C=O) groups is 1. The zero-order valence-electron chi connectivity index (χ0n) is 12.0. The first kappa shape index (κ1) is 13.4. The molecule has 0 saturated heterocycles. The smallest absolute Gasteiger partial charge is 0.414 e. The molecule has 1 aliphatic rings. The van der Waals surface area contributed by atoms with Gasteiger partial charge in [0.2, 0.25) is 0 Å². The summed E-state index contributed by atoms with van der Waals surface area (Å²) >= 11 is 0. The summed E-state index contributed by atoms with van der Waals surface area (Å²) in [7, 11) is 0. The van der Waals surface area contributed by atoms with Crippen molar-refractivity contribution in [3.63, 3.8) is 0 Å². The standard InChI is InChI=1S/C18H17NO2/c1-2-21-18(20)19-13-16-11-7-6-10-15(16)12-17(19)14-8-4-3-5-9-14/h3-12H,2,13H2,1H3. The van der Waals surface area contributed by atoms with E-state index in [-0.39, 0.29) is 6.09 Å². The van der Waals surface area contributed by atoms with Crippen molar-refractivity contribution in [1.29, 1.82) is 0 Å². The van der Waals surface area contributed by atoms with Crippen LogP contribution in [0.3, 0.4) is 0 Å². The van der Waals surface area contributed by atoms with Crippen molar-refractivity contribution in [1.82, 2.24) is 4.90 Å². The molecule has 0 radical (unpaired) electrons. The van der Waals surface area contributed by atoms with Crippen LogP contribution in [0.15, 0.2) is 54.6 Å². The van der Waals surface area contributed by atoms with Gasteiger partial charge in [0.05, 0.1) is 18.8 Å². The molecule has 106 valence electrons. The van der Waals surface area contributed by atoms with E-state index in [9.17, 15) is 4.79 Å². The van der Waals surface area contributed by atoms with Crippen LogP contribution in [0.2, 0.25) is 0 Å². The van der Waals surface area contributed by atoms with Gasteiger partial charge in [0, 0.05) is 0 Å². The van der Waals surface area contributed by atoms with Gasteiger partial charge < -0.3 is 4.74 Å². The Hall–Kier alpha value is -2.55. The third kappa shape index (κ3) is 2.68. The molecule has 0 aliphatic carbocycles. The van der Waals surface area contributed by atoms with E-state index in [1.165, 1.54) is 0 Å². The zero-order valence-corrected chi connectivity index (χ0v) is 12.0. The summed E-state index contributed by atoms with van der Waals surface area (Å²) in [6.07, 6.45) is 1.74. The van der Waals surface area contributed by atoms with E-state index in [1.54, 1.807) is 4.90 Å². The Morgan fingerprint density at radius 3 is 2.57 bits per heavy atom. The number of carbonyl (C=O) groups excluding carboxylic acids is 1. The number of ether oxygens (including phenoxy) is 1. The molecule has 0 spiro atoms. The van der Waals surface area contributed by atoms with Crippen LogP contribution in [0, 0.1) is 0 Å². The van der Waals surface area contributed by atoms with E-state index in [2.05, 4.69) is 6.07 Å². The molecule has 0 saturated carbocycles. The molecule has 0 bridgehead atoms. The predicted molar refractivity (Wildman–Crippen MR) is 83.3 cm³/mol. The van der Waals surface area contributed by atoms with E-state index in [4.69, 9.17) is 4.74 Å².